The number of fused-ring (bicyclic) bond motifs is 1. The fourth-order valence-corrected chi connectivity index (χ4v) is 4.17. The Morgan fingerprint density at radius 1 is 1.27 bits per heavy atom. The van der Waals surface area contributed by atoms with Gasteiger partial charge in [-0.3, -0.25) is 9.59 Å². The highest BCUT2D eigenvalue weighted by molar-refractivity contribution is 5.78. The molecule has 1 atom stereocenters. The summed E-state index contributed by atoms with van der Waals surface area (Å²) in [4.78, 5) is 48.7. The maximum atomic E-state index is 12.9. The number of nitrogens with zero attached hydrogens (tertiary/aromatic N) is 3. The van der Waals surface area contributed by atoms with Crippen molar-refractivity contribution in [2.45, 2.75) is 71.9 Å². The maximum absolute atomic E-state index is 12.9. The monoisotopic (exact) mass is 456 g/mol. The average Bonchev–Trinajstić information content (AvgIpc) is 2.74. The van der Waals surface area contributed by atoms with E-state index in [0.29, 0.717) is 42.8 Å². The predicted octanol–water partition coefficient (Wildman–Crippen LogP) is 3.74. The second-order valence-corrected chi connectivity index (χ2v) is 10.1. The second kappa shape index (κ2) is 10.4. The molecule has 1 aromatic heterocycles. The molecule has 2 aromatic rings. The van der Waals surface area contributed by atoms with Crippen molar-refractivity contribution >= 4 is 22.9 Å². The van der Waals surface area contributed by atoms with E-state index in [0.717, 1.165) is 12.8 Å². The lowest BCUT2D eigenvalue weighted by atomic mass is 9.96. The van der Waals surface area contributed by atoms with Crippen LogP contribution in [0.5, 0.6) is 0 Å². The summed E-state index contributed by atoms with van der Waals surface area (Å²) in [6.07, 6.45) is 2.23. The van der Waals surface area contributed by atoms with E-state index in [2.05, 4.69) is 9.97 Å². The van der Waals surface area contributed by atoms with Gasteiger partial charge in [0.25, 0.3) is 5.56 Å². The number of aromatic amines is 1. The van der Waals surface area contributed by atoms with Crippen LogP contribution in [-0.2, 0) is 16.0 Å². The molecule has 1 unspecified atom stereocenters. The van der Waals surface area contributed by atoms with Gasteiger partial charge in [-0.05, 0) is 65.5 Å². The largest absolute Gasteiger partial charge is 0.444 e. The van der Waals surface area contributed by atoms with Crippen LogP contribution >= 0.6 is 0 Å². The third-order valence-corrected chi connectivity index (χ3v) is 5.82. The zero-order valence-electron chi connectivity index (χ0n) is 20.4. The molecule has 1 aliphatic heterocycles. The number of amides is 2. The fourth-order valence-electron chi connectivity index (χ4n) is 4.17. The van der Waals surface area contributed by atoms with Gasteiger partial charge in [0, 0.05) is 38.5 Å². The van der Waals surface area contributed by atoms with E-state index in [1.165, 1.54) is 0 Å². The first-order chi connectivity index (χ1) is 15.5. The van der Waals surface area contributed by atoms with Gasteiger partial charge < -0.3 is 19.5 Å². The van der Waals surface area contributed by atoms with Crippen LogP contribution in [0.3, 0.4) is 0 Å². The molecule has 8 heteroatoms. The van der Waals surface area contributed by atoms with Gasteiger partial charge in [-0.15, -0.1) is 0 Å². The fraction of sp³-hybridized carbons (Fsp3) is 0.600. The molecule has 0 spiro atoms. The highest BCUT2D eigenvalue weighted by Gasteiger charge is 2.30. The van der Waals surface area contributed by atoms with Crippen molar-refractivity contribution in [1.82, 2.24) is 19.8 Å². The van der Waals surface area contributed by atoms with Crippen molar-refractivity contribution in [3.63, 3.8) is 0 Å². The Kier molecular flexibility index (Phi) is 7.76. The number of nitrogens with one attached hydrogen (secondary N) is 1. The number of para-hydroxylation sites is 1. The molecule has 1 saturated heterocycles. The number of benzene rings is 1. The van der Waals surface area contributed by atoms with E-state index in [9.17, 15) is 14.4 Å². The normalized spacial score (nSPS) is 16.8. The summed E-state index contributed by atoms with van der Waals surface area (Å²) in [5.41, 5.74) is -0.0917. The molecule has 1 aliphatic rings. The summed E-state index contributed by atoms with van der Waals surface area (Å²) in [6.45, 7) is 11.4. The first-order valence-corrected chi connectivity index (χ1v) is 11.8. The zero-order valence-corrected chi connectivity index (χ0v) is 20.4. The maximum Gasteiger partial charge on any atom is 0.410 e. The molecule has 1 N–H and O–H groups in total. The van der Waals surface area contributed by atoms with Gasteiger partial charge in [-0.2, -0.15) is 0 Å². The lowest BCUT2D eigenvalue weighted by Crippen LogP contribution is -2.48. The predicted molar refractivity (Wildman–Crippen MR) is 128 cm³/mol. The van der Waals surface area contributed by atoms with Gasteiger partial charge in [-0.25, -0.2) is 9.78 Å². The van der Waals surface area contributed by atoms with Gasteiger partial charge in [0.2, 0.25) is 5.91 Å². The number of ether oxygens (including phenoxy) is 1. The second-order valence-electron chi connectivity index (χ2n) is 10.1. The van der Waals surface area contributed by atoms with Gasteiger partial charge in [0.15, 0.2) is 0 Å². The Morgan fingerprint density at radius 2 is 2.00 bits per heavy atom. The summed E-state index contributed by atoms with van der Waals surface area (Å²) in [5.74, 6) is 0.775. The van der Waals surface area contributed by atoms with E-state index in [1.54, 1.807) is 23.1 Å². The molecular weight excluding hydrogens is 420 g/mol. The Hall–Kier alpha value is -2.90. The van der Waals surface area contributed by atoms with Crippen LogP contribution in [-0.4, -0.2) is 63.0 Å². The first kappa shape index (κ1) is 24.7. The summed E-state index contributed by atoms with van der Waals surface area (Å²) in [7, 11) is 0. The molecule has 0 bridgehead atoms. The Morgan fingerprint density at radius 3 is 2.70 bits per heavy atom. The number of piperidine rings is 1. The van der Waals surface area contributed by atoms with Crippen LogP contribution in [0.1, 0.15) is 59.7 Å². The van der Waals surface area contributed by atoms with E-state index in [1.807, 2.05) is 45.6 Å². The number of carbonyl (C=O) groups excluding carboxylic acids is 2. The van der Waals surface area contributed by atoms with E-state index in [4.69, 9.17) is 4.74 Å². The zero-order chi connectivity index (χ0) is 24.2. The minimum Gasteiger partial charge on any atom is -0.444 e. The summed E-state index contributed by atoms with van der Waals surface area (Å²) < 4.78 is 5.58. The number of aromatic nitrogens is 2. The van der Waals surface area contributed by atoms with Crippen LogP contribution < -0.4 is 5.56 Å². The molecule has 3 rings (SSSR count). The highest BCUT2D eigenvalue weighted by Crippen LogP contribution is 2.21. The van der Waals surface area contributed by atoms with Crippen molar-refractivity contribution in [2.75, 3.05) is 19.6 Å². The standard InChI is InChI=1S/C25H36N4O4/c1-17(2)29(24(32)33-25(3,4)5)16-18-9-8-14-28(15-18)22(30)13-12-21-26-20-11-7-6-10-19(20)23(31)27-21/h6-7,10-11,17-18H,8-9,12-16H2,1-5H3,(H,26,27,31). The van der Waals surface area contributed by atoms with Gasteiger partial charge in [0.05, 0.1) is 10.9 Å². The van der Waals surface area contributed by atoms with Crippen molar-refractivity contribution < 1.29 is 14.3 Å². The minimum absolute atomic E-state index is 0.0155. The number of likely N-dealkylation sites (tertiary alicyclic amines) is 1. The van der Waals surface area contributed by atoms with E-state index < -0.39 is 5.60 Å². The van der Waals surface area contributed by atoms with Crippen LogP contribution in [0, 0.1) is 5.92 Å². The molecule has 0 aliphatic carbocycles. The number of H-pyrrole nitrogens is 1. The van der Waals surface area contributed by atoms with Crippen molar-refractivity contribution in [1.29, 1.82) is 0 Å². The smallest absolute Gasteiger partial charge is 0.410 e. The van der Waals surface area contributed by atoms with Crippen molar-refractivity contribution in [2.24, 2.45) is 5.92 Å². The Bertz CT molecular complexity index is 1040. The van der Waals surface area contributed by atoms with Crippen molar-refractivity contribution in [3.05, 3.63) is 40.4 Å². The molecule has 33 heavy (non-hydrogen) atoms. The molecule has 8 nitrogen and oxygen atoms in total. The SMILES string of the molecule is CC(C)N(CC1CCCN(C(=O)CCc2nc3ccccc3c(=O)[nH]2)C1)C(=O)OC(C)(C)C. The quantitative estimate of drug-likeness (QED) is 0.714. The molecule has 1 aromatic carbocycles. The van der Waals surface area contributed by atoms with Gasteiger partial charge in [-0.1, -0.05) is 12.1 Å². The molecule has 180 valence electrons. The number of hydrogen-bond acceptors (Lipinski definition) is 5. The minimum atomic E-state index is -0.545. The number of hydrogen-bond donors (Lipinski definition) is 1. The third kappa shape index (κ3) is 6.79. The molecule has 2 heterocycles. The number of rotatable bonds is 6. The van der Waals surface area contributed by atoms with Crippen LogP contribution in [0.4, 0.5) is 4.79 Å². The van der Waals surface area contributed by atoms with E-state index >= 15 is 0 Å². The third-order valence-electron chi connectivity index (χ3n) is 5.82. The van der Waals surface area contributed by atoms with Crippen molar-refractivity contribution in [3.8, 4) is 0 Å². The Labute approximate surface area is 195 Å². The first-order valence-electron chi connectivity index (χ1n) is 11.8. The van der Waals surface area contributed by atoms with Gasteiger partial charge >= 0.3 is 6.09 Å². The van der Waals surface area contributed by atoms with Crippen LogP contribution in [0.25, 0.3) is 10.9 Å². The molecule has 1 fully saturated rings. The van der Waals surface area contributed by atoms with E-state index in [-0.39, 0.29) is 35.9 Å². The number of aryl methyl sites for hydroxylation is 1. The Balaban J connectivity index is 1.58. The highest BCUT2D eigenvalue weighted by atomic mass is 16.6. The van der Waals surface area contributed by atoms with Crippen LogP contribution in [0.15, 0.2) is 29.1 Å². The summed E-state index contributed by atoms with van der Waals surface area (Å²) >= 11 is 0. The summed E-state index contributed by atoms with van der Waals surface area (Å²) in [6, 6.07) is 7.20. The lowest BCUT2D eigenvalue weighted by molar-refractivity contribution is -0.133. The average molecular weight is 457 g/mol. The number of carbonyl (C=O) groups is 2. The van der Waals surface area contributed by atoms with Gasteiger partial charge in [0.1, 0.15) is 11.4 Å². The topological polar surface area (TPSA) is 95.6 Å². The molecule has 0 saturated carbocycles. The summed E-state index contributed by atoms with van der Waals surface area (Å²) in [5, 5.41) is 0.547. The molecular formula is C25H36N4O4. The molecule has 0 radical (unpaired) electrons. The lowest BCUT2D eigenvalue weighted by Gasteiger charge is -2.37. The molecule has 2 amide bonds. The van der Waals surface area contributed by atoms with Crippen LogP contribution in [0.2, 0.25) is 0 Å².